The summed E-state index contributed by atoms with van der Waals surface area (Å²) < 4.78 is 42.3. The van der Waals surface area contributed by atoms with Crippen molar-refractivity contribution >= 4 is 0 Å². The Morgan fingerprint density at radius 2 is 2.06 bits per heavy atom. The molecule has 1 heterocycles. The van der Waals surface area contributed by atoms with Crippen LogP contribution in [-0.4, -0.2) is 15.2 Å². The first-order valence-corrected chi connectivity index (χ1v) is 5.07. The first kappa shape index (κ1) is 12.6. The predicted octanol–water partition coefficient (Wildman–Crippen LogP) is 2.81. The highest BCUT2D eigenvalue weighted by Crippen LogP contribution is 2.31. The van der Waals surface area contributed by atoms with E-state index >= 15 is 0 Å². The number of rotatable bonds is 2. The van der Waals surface area contributed by atoms with Crippen molar-refractivity contribution in [2.45, 2.75) is 19.2 Å². The van der Waals surface area contributed by atoms with E-state index in [-0.39, 0.29) is 17.3 Å². The molecule has 1 atom stereocenters. The van der Waals surface area contributed by atoms with Gasteiger partial charge in [0.1, 0.15) is 6.10 Å². The molecule has 2 rings (SSSR count). The monoisotopic (exact) mass is 258 g/mol. The van der Waals surface area contributed by atoms with Crippen LogP contribution in [-0.2, 0) is 6.18 Å². The molecular formula is C11H9F3N2O2. The lowest BCUT2D eigenvalue weighted by Crippen LogP contribution is -2.04. The second-order valence-corrected chi connectivity index (χ2v) is 3.71. The Morgan fingerprint density at radius 3 is 2.61 bits per heavy atom. The summed E-state index contributed by atoms with van der Waals surface area (Å²) >= 11 is 0. The van der Waals surface area contributed by atoms with Gasteiger partial charge in [-0.2, -0.15) is 18.2 Å². The van der Waals surface area contributed by atoms with Gasteiger partial charge in [0.15, 0.2) is 0 Å². The summed E-state index contributed by atoms with van der Waals surface area (Å²) in [6.07, 6.45) is -5.38. The van der Waals surface area contributed by atoms with Gasteiger partial charge in [-0.3, -0.25) is 0 Å². The van der Waals surface area contributed by atoms with E-state index in [1.54, 1.807) is 0 Å². The fraction of sp³-hybridized carbons (Fsp3) is 0.273. The van der Waals surface area contributed by atoms with Gasteiger partial charge in [-0.05, 0) is 19.1 Å². The van der Waals surface area contributed by atoms with Crippen LogP contribution in [0.25, 0.3) is 11.4 Å². The van der Waals surface area contributed by atoms with Crippen molar-refractivity contribution in [3.8, 4) is 11.4 Å². The van der Waals surface area contributed by atoms with Gasteiger partial charge in [-0.25, -0.2) is 0 Å². The average molecular weight is 258 g/mol. The summed E-state index contributed by atoms with van der Waals surface area (Å²) in [5, 5.41) is 12.7. The molecule has 0 bridgehead atoms. The normalized spacial score (nSPS) is 13.6. The predicted molar refractivity (Wildman–Crippen MR) is 55.4 cm³/mol. The number of alkyl halides is 3. The number of hydrogen-bond acceptors (Lipinski definition) is 4. The second kappa shape index (κ2) is 4.41. The van der Waals surface area contributed by atoms with Crippen LogP contribution in [0.2, 0.25) is 0 Å². The van der Waals surface area contributed by atoms with Gasteiger partial charge in [0.25, 0.3) is 5.89 Å². The van der Waals surface area contributed by atoms with Crippen LogP contribution in [0.15, 0.2) is 28.8 Å². The second-order valence-electron chi connectivity index (χ2n) is 3.71. The highest BCUT2D eigenvalue weighted by Gasteiger charge is 2.30. The van der Waals surface area contributed by atoms with E-state index in [4.69, 9.17) is 4.52 Å². The first-order chi connectivity index (χ1) is 8.38. The summed E-state index contributed by atoms with van der Waals surface area (Å²) in [4.78, 5) is 3.81. The molecule has 7 heteroatoms. The van der Waals surface area contributed by atoms with Crippen LogP contribution >= 0.6 is 0 Å². The molecule has 0 saturated carbocycles. The lowest BCUT2D eigenvalue weighted by molar-refractivity contribution is -0.137. The number of benzene rings is 1. The summed E-state index contributed by atoms with van der Waals surface area (Å²) in [7, 11) is 0. The topological polar surface area (TPSA) is 59.2 Å². The van der Waals surface area contributed by atoms with E-state index in [0.717, 1.165) is 12.1 Å². The van der Waals surface area contributed by atoms with Crippen LogP contribution in [0.1, 0.15) is 24.5 Å². The first-order valence-electron chi connectivity index (χ1n) is 5.07. The highest BCUT2D eigenvalue weighted by molar-refractivity contribution is 5.55. The quantitative estimate of drug-likeness (QED) is 0.899. The largest absolute Gasteiger partial charge is 0.416 e. The highest BCUT2D eigenvalue weighted by atomic mass is 19.4. The molecule has 18 heavy (non-hydrogen) atoms. The van der Waals surface area contributed by atoms with Gasteiger partial charge in [0.2, 0.25) is 5.82 Å². The summed E-state index contributed by atoms with van der Waals surface area (Å²) in [6.45, 7) is 1.42. The fourth-order valence-corrected chi connectivity index (χ4v) is 1.36. The molecule has 4 nitrogen and oxygen atoms in total. The zero-order valence-corrected chi connectivity index (χ0v) is 9.27. The van der Waals surface area contributed by atoms with Crippen LogP contribution in [0.3, 0.4) is 0 Å². The molecule has 1 aromatic heterocycles. The minimum Gasteiger partial charge on any atom is -0.384 e. The van der Waals surface area contributed by atoms with Gasteiger partial charge in [0, 0.05) is 5.56 Å². The number of aromatic nitrogens is 2. The van der Waals surface area contributed by atoms with Gasteiger partial charge in [-0.15, -0.1) is 0 Å². The maximum Gasteiger partial charge on any atom is 0.416 e. The number of nitrogens with zero attached hydrogens (tertiary/aromatic N) is 2. The van der Waals surface area contributed by atoms with Crippen molar-refractivity contribution < 1.29 is 22.8 Å². The third-order valence-corrected chi connectivity index (χ3v) is 2.25. The van der Waals surface area contributed by atoms with Crippen molar-refractivity contribution in [3.05, 3.63) is 35.7 Å². The Kier molecular flexibility index (Phi) is 3.08. The Labute approximate surface area is 100 Å². The van der Waals surface area contributed by atoms with Gasteiger partial charge in [0.05, 0.1) is 5.56 Å². The zero-order valence-electron chi connectivity index (χ0n) is 9.27. The van der Waals surface area contributed by atoms with E-state index < -0.39 is 17.8 Å². The van der Waals surface area contributed by atoms with E-state index in [9.17, 15) is 18.3 Å². The molecule has 0 radical (unpaired) electrons. The molecular weight excluding hydrogens is 249 g/mol. The maximum atomic E-state index is 12.5. The minimum atomic E-state index is -4.42. The van der Waals surface area contributed by atoms with Crippen molar-refractivity contribution in [2.24, 2.45) is 0 Å². The van der Waals surface area contributed by atoms with Gasteiger partial charge < -0.3 is 9.63 Å². The maximum absolute atomic E-state index is 12.5. The van der Waals surface area contributed by atoms with E-state index in [2.05, 4.69) is 10.1 Å². The van der Waals surface area contributed by atoms with Crippen molar-refractivity contribution in [3.63, 3.8) is 0 Å². The fourth-order valence-electron chi connectivity index (χ4n) is 1.36. The summed E-state index contributed by atoms with van der Waals surface area (Å²) in [5.74, 6) is -0.0283. The van der Waals surface area contributed by atoms with E-state index in [1.807, 2.05) is 0 Å². The SMILES string of the molecule is CC(O)c1nc(-c2cccc(C(F)(F)F)c2)no1. The molecule has 0 aliphatic heterocycles. The van der Waals surface area contributed by atoms with E-state index in [1.165, 1.54) is 19.1 Å². The smallest absolute Gasteiger partial charge is 0.384 e. The number of halogens is 3. The molecule has 2 aromatic rings. The van der Waals surface area contributed by atoms with Crippen LogP contribution in [0, 0.1) is 0 Å². The van der Waals surface area contributed by atoms with Crippen LogP contribution in [0.5, 0.6) is 0 Å². The van der Waals surface area contributed by atoms with Crippen LogP contribution in [0.4, 0.5) is 13.2 Å². The minimum absolute atomic E-state index is 0.0111. The molecule has 0 spiro atoms. The Balaban J connectivity index is 2.38. The molecule has 0 aliphatic carbocycles. The lowest BCUT2D eigenvalue weighted by Gasteiger charge is -2.06. The Bertz CT molecular complexity index is 549. The van der Waals surface area contributed by atoms with Crippen LogP contribution < -0.4 is 0 Å². The van der Waals surface area contributed by atoms with Gasteiger partial charge in [-0.1, -0.05) is 17.3 Å². The third kappa shape index (κ3) is 2.51. The molecule has 0 saturated heterocycles. The standard InChI is InChI=1S/C11H9F3N2O2/c1-6(17)10-15-9(16-18-10)7-3-2-4-8(5-7)11(12,13)14/h2-6,17H,1H3. The molecule has 96 valence electrons. The Hall–Kier alpha value is -1.89. The summed E-state index contributed by atoms with van der Waals surface area (Å²) in [6, 6.07) is 4.58. The van der Waals surface area contributed by atoms with Crippen molar-refractivity contribution in [1.82, 2.24) is 10.1 Å². The summed E-state index contributed by atoms with van der Waals surface area (Å²) in [5.41, 5.74) is -0.608. The Morgan fingerprint density at radius 1 is 1.33 bits per heavy atom. The van der Waals surface area contributed by atoms with Crippen molar-refractivity contribution in [2.75, 3.05) is 0 Å². The third-order valence-electron chi connectivity index (χ3n) is 2.25. The molecule has 0 aliphatic rings. The molecule has 0 fully saturated rings. The zero-order chi connectivity index (χ0) is 13.3. The lowest BCUT2D eigenvalue weighted by atomic mass is 10.1. The molecule has 1 unspecified atom stereocenters. The molecule has 1 N–H and O–H groups in total. The van der Waals surface area contributed by atoms with E-state index in [0.29, 0.717) is 0 Å². The van der Waals surface area contributed by atoms with Crippen molar-refractivity contribution in [1.29, 1.82) is 0 Å². The number of hydrogen-bond donors (Lipinski definition) is 1. The molecule has 0 amide bonds. The molecule has 1 aromatic carbocycles. The average Bonchev–Trinajstić information content (AvgIpc) is 2.77. The van der Waals surface area contributed by atoms with Gasteiger partial charge >= 0.3 is 6.18 Å². The number of aliphatic hydroxyl groups excluding tert-OH is 1. The number of aliphatic hydroxyl groups is 1.